The average Bonchev–Trinajstić information content (AvgIpc) is 3.11. The van der Waals surface area contributed by atoms with Crippen molar-refractivity contribution in [1.29, 1.82) is 0 Å². The van der Waals surface area contributed by atoms with E-state index in [9.17, 15) is 15.0 Å². The molecular weight excluding hydrogens is 340 g/mol. The summed E-state index contributed by atoms with van der Waals surface area (Å²) in [4.78, 5) is 10.6. The van der Waals surface area contributed by atoms with E-state index in [0.29, 0.717) is 17.8 Å². The zero-order valence-electron chi connectivity index (χ0n) is 17.0. The summed E-state index contributed by atoms with van der Waals surface area (Å²) in [6.07, 6.45) is 14.6. The van der Waals surface area contributed by atoms with Crippen LogP contribution in [0.5, 0.6) is 0 Å². The van der Waals surface area contributed by atoms with Crippen LogP contribution < -0.4 is 0 Å². The first kappa shape index (κ1) is 22.2. The average molecular weight is 379 g/mol. The van der Waals surface area contributed by atoms with E-state index in [4.69, 9.17) is 5.11 Å². The lowest BCUT2D eigenvalue weighted by Gasteiger charge is -2.19. The molecule has 0 spiro atoms. The first-order chi connectivity index (χ1) is 12.9. The lowest BCUT2D eigenvalue weighted by molar-refractivity contribution is -0.137. The van der Waals surface area contributed by atoms with Crippen molar-refractivity contribution in [2.45, 2.75) is 90.3 Å². The summed E-state index contributed by atoms with van der Waals surface area (Å²) in [6, 6.07) is 0. The fourth-order valence-corrected chi connectivity index (χ4v) is 4.84. The number of unbranched alkanes of at least 4 members (excludes halogenated alkanes) is 2. The molecule has 4 heteroatoms. The maximum absolute atomic E-state index is 10.6. The zero-order valence-corrected chi connectivity index (χ0v) is 17.0. The number of allylic oxidation sites excluding steroid dienone is 2. The van der Waals surface area contributed by atoms with Gasteiger partial charge < -0.3 is 15.3 Å². The summed E-state index contributed by atoms with van der Waals surface area (Å²) in [5.41, 5.74) is 1.43. The maximum Gasteiger partial charge on any atom is 0.303 e. The third-order valence-corrected chi connectivity index (χ3v) is 6.34. The van der Waals surface area contributed by atoms with Gasteiger partial charge in [-0.2, -0.15) is 0 Å². The molecule has 0 unspecified atom stereocenters. The van der Waals surface area contributed by atoms with E-state index in [0.717, 1.165) is 44.9 Å². The van der Waals surface area contributed by atoms with E-state index in [1.807, 2.05) is 6.08 Å². The first-order valence-corrected chi connectivity index (χ1v) is 10.9. The van der Waals surface area contributed by atoms with Gasteiger partial charge in [-0.3, -0.25) is 4.79 Å². The van der Waals surface area contributed by atoms with E-state index in [-0.39, 0.29) is 18.4 Å². The SMILES string of the molecule is CCCC[C@H](C)C[C@H](O)/C=C/[C@@H]1[C@H]2CC(CCCCC(=O)O)=C[C@H]2C[C@H]1O. The highest BCUT2D eigenvalue weighted by Crippen LogP contribution is 2.48. The first-order valence-electron chi connectivity index (χ1n) is 10.9. The van der Waals surface area contributed by atoms with Crippen LogP contribution in [0.25, 0.3) is 0 Å². The quantitative estimate of drug-likeness (QED) is 0.339. The standard InChI is InChI=1S/C23H38O4/c1-3-4-7-16(2)12-19(24)10-11-20-21-14-17(8-5-6-9-23(26)27)13-18(21)15-22(20)25/h10-11,13,16,18-22,24-25H,3-9,12,14-15H2,1-2H3,(H,26,27)/b11-10+/t16-,18-,19+,20+,21-,22+/m0/s1. The molecule has 0 aromatic rings. The topological polar surface area (TPSA) is 77.8 Å². The Morgan fingerprint density at radius 2 is 2.11 bits per heavy atom. The molecule has 3 N–H and O–H groups in total. The van der Waals surface area contributed by atoms with Crippen LogP contribution in [0.4, 0.5) is 0 Å². The number of aliphatic carboxylic acids is 1. The Bertz CT molecular complexity index is 524. The van der Waals surface area contributed by atoms with Gasteiger partial charge in [0.2, 0.25) is 0 Å². The van der Waals surface area contributed by atoms with E-state index in [1.54, 1.807) is 0 Å². The minimum atomic E-state index is -0.719. The number of aliphatic hydroxyl groups excluding tert-OH is 2. The second-order valence-corrected chi connectivity index (χ2v) is 8.77. The van der Waals surface area contributed by atoms with Crippen LogP contribution in [0.2, 0.25) is 0 Å². The lowest BCUT2D eigenvalue weighted by Crippen LogP contribution is -2.18. The predicted octanol–water partition coefficient (Wildman–Crippen LogP) is 4.71. The molecule has 0 radical (unpaired) electrons. The third-order valence-electron chi connectivity index (χ3n) is 6.34. The molecule has 0 heterocycles. The van der Waals surface area contributed by atoms with Crippen LogP contribution in [0.1, 0.15) is 78.1 Å². The Hall–Kier alpha value is -1.13. The Balaban J connectivity index is 1.79. The largest absolute Gasteiger partial charge is 0.481 e. The van der Waals surface area contributed by atoms with Crippen LogP contribution in [0.15, 0.2) is 23.8 Å². The molecule has 27 heavy (non-hydrogen) atoms. The van der Waals surface area contributed by atoms with E-state index >= 15 is 0 Å². The number of carbonyl (C=O) groups is 1. The van der Waals surface area contributed by atoms with E-state index in [2.05, 4.69) is 26.0 Å². The second-order valence-electron chi connectivity index (χ2n) is 8.77. The van der Waals surface area contributed by atoms with Crippen molar-refractivity contribution in [3.8, 4) is 0 Å². The molecule has 0 amide bonds. The van der Waals surface area contributed by atoms with Crippen LogP contribution in [-0.4, -0.2) is 33.5 Å². The number of fused-ring (bicyclic) bond motifs is 1. The molecule has 2 aliphatic rings. The molecule has 0 aromatic heterocycles. The van der Waals surface area contributed by atoms with Gasteiger partial charge in [0.25, 0.3) is 0 Å². The molecule has 154 valence electrons. The normalized spacial score (nSPS) is 29.7. The number of aliphatic hydroxyl groups is 2. The van der Waals surface area contributed by atoms with Gasteiger partial charge in [0.15, 0.2) is 0 Å². The van der Waals surface area contributed by atoms with Crippen LogP contribution in [-0.2, 0) is 4.79 Å². The zero-order chi connectivity index (χ0) is 19.8. The molecule has 2 rings (SSSR count). The lowest BCUT2D eigenvalue weighted by atomic mass is 9.88. The number of carboxylic acids is 1. The Morgan fingerprint density at radius 1 is 1.33 bits per heavy atom. The summed E-state index contributed by atoms with van der Waals surface area (Å²) >= 11 is 0. The Kier molecular flexibility index (Phi) is 9.04. The highest BCUT2D eigenvalue weighted by atomic mass is 16.4. The van der Waals surface area contributed by atoms with Crippen LogP contribution >= 0.6 is 0 Å². The molecule has 2 aliphatic carbocycles. The molecule has 6 atom stereocenters. The summed E-state index contributed by atoms with van der Waals surface area (Å²) in [6.45, 7) is 4.39. The van der Waals surface area contributed by atoms with Gasteiger partial charge >= 0.3 is 5.97 Å². The Morgan fingerprint density at radius 3 is 2.81 bits per heavy atom. The van der Waals surface area contributed by atoms with Gasteiger partial charge in [-0.05, 0) is 56.3 Å². The van der Waals surface area contributed by atoms with Crippen molar-refractivity contribution < 1.29 is 20.1 Å². The maximum atomic E-state index is 10.6. The molecule has 0 bridgehead atoms. The summed E-state index contributed by atoms with van der Waals surface area (Å²) in [7, 11) is 0. The number of hydrogen-bond acceptors (Lipinski definition) is 3. The highest BCUT2D eigenvalue weighted by Gasteiger charge is 2.43. The summed E-state index contributed by atoms with van der Waals surface area (Å²) in [5, 5.41) is 29.5. The monoisotopic (exact) mass is 378 g/mol. The van der Waals surface area contributed by atoms with Crippen molar-refractivity contribution in [1.82, 2.24) is 0 Å². The van der Waals surface area contributed by atoms with Gasteiger partial charge in [-0.25, -0.2) is 0 Å². The minimum Gasteiger partial charge on any atom is -0.481 e. The van der Waals surface area contributed by atoms with E-state index < -0.39 is 12.1 Å². The van der Waals surface area contributed by atoms with Crippen molar-refractivity contribution in [2.24, 2.45) is 23.7 Å². The Labute approximate surface area is 164 Å². The molecule has 4 nitrogen and oxygen atoms in total. The smallest absolute Gasteiger partial charge is 0.303 e. The number of carboxylic acid groups (broad SMARTS) is 1. The van der Waals surface area contributed by atoms with Crippen LogP contribution in [0, 0.1) is 23.7 Å². The van der Waals surface area contributed by atoms with E-state index in [1.165, 1.54) is 18.4 Å². The molecule has 1 saturated carbocycles. The van der Waals surface area contributed by atoms with Gasteiger partial charge in [-0.15, -0.1) is 0 Å². The fourth-order valence-electron chi connectivity index (χ4n) is 4.84. The number of rotatable bonds is 12. The molecule has 0 aliphatic heterocycles. The third kappa shape index (κ3) is 7.08. The predicted molar refractivity (Wildman–Crippen MR) is 108 cm³/mol. The summed E-state index contributed by atoms with van der Waals surface area (Å²) < 4.78 is 0. The van der Waals surface area contributed by atoms with Crippen molar-refractivity contribution in [2.75, 3.05) is 0 Å². The molecule has 0 aromatic carbocycles. The summed E-state index contributed by atoms with van der Waals surface area (Å²) in [5.74, 6) is 0.808. The second kappa shape index (κ2) is 11.0. The van der Waals surface area contributed by atoms with Crippen molar-refractivity contribution in [3.05, 3.63) is 23.8 Å². The van der Waals surface area contributed by atoms with Crippen LogP contribution in [0.3, 0.4) is 0 Å². The highest BCUT2D eigenvalue weighted by molar-refractivity contribution is 5.66. The molecular formula is C23H38O4. The molecule has 0 saturated heterocycles. The van der Waals surface area contributed by atoms with Gasteiger partial charge in [-0.1, -0.05) is 56.9 Å². The minimum absolute atomic E-state index is 0.128. The van der Waals surface area contributed by atoms with Gasteiger partial charge in [0, 0.05) is 12.3 Å². The fraction of sp³-hybridized carbons (Fsp3) is 0.783. The van der Waals surface area contributed by atoms with Crippen molar-refractivity contribution in [3.63, 3.8) is 0 Å². The van der Waals surface area contributed by atoms with Gasteiger partial charge in [0.05, 0.1) is 12.2 Å². The van der Waals surface area contributed by atoms with Crippen molar-refractivity contribution >= 4 is 5.97 Å². The molecule has 1 fully saturated rings. The number of hydrogen-bond donors (Lipinski definition) is 3. The van der Waals surface area contributed by atoms with Gasteiger partial charge in [0.1, 0.15) is 0 Å².